The number of hydrogen-bond donors (Lipinski definition) is 4. The van der Waals surface area contributed by atoms with E-state index in [1.807, 2.05) is 35.8 Å². The van der Waals surface area contributed by atoms with E-state index in [9.17, 15) is 33.9 Å². The van der Waals surface area contributed by atoms with E-state index in [-0.39, 0.29) is 40.5 Å². The number of hydrazine groups is 1. The Morgan fingerprint density at radius 3 is 1.71 bits per heavy atom. The fourth-order valence-corrected chi connectivity index (χ4v) is 4.31. The summed E-state index contributed by atoms with van der Waals surface area (Å²) < 4.78 is 20.6. The van der Waals surface area contributed by atoms with Crippen molar-refractivity contribution in [1.82, 2.24) is 10.9 Å². The van der Waals surface area contributed by atoms with Crippen LogP contribution in [-0.4, -0.2) is 67.2 Å². The van der Waals surface area contributed by atoms with Crippen molar-refractivity contribution in [3.63, 3.8) is 0 Å². The van der Waals surface area contributed by atoms with Crippen LogP contribution in [-0.2, 0) is 30.3 Å². The number of hydrogen-bond acceptors (Lipinski definition) is 10. The summed E-state index contributed by atoms with van der Waals surface area (Å²) in [6.45, 7) is 0. The molecule has 0 unspecified atom stereocenters. The van der Waals surface area contributed by atoms with Gasteiger partial charge in [0.25, 0.3) is 11.8 Å². The molecule has 4 N–H and O–H groups in total. The lowest BCUT2D eigenvalue weighted by Crippen LogP contribution is -2.54. The van der Waals surface area contributed by atoms with Crippen molar-refractivity contribution in [2.45, 2.75) is 18.6 Å². The van der Waals surface area contributed by atoms with Crippen LogP contribution >= 0.6 is 0 Å². The Morgan fingerprint density at radius 2 is 1.18 bits per heavy atom. The van der Waals surface area contributed by atoms with Gasteiger partial charge in [0.05, 0.1) is 31.8 Å². The molecule has 49 heavy (non-hydrogen) atoms. The minimum atomic E-state index is -2.36. The molecule has 4 aromatic carbocycles. The van der Waals surface area contributed by atoms with E-state index >= 15 is 0 Å². The standard InChI is InChI=1S/C35H31N3O11/c1-46-26-12-6-10-23(19-26)34(44)48-29(30(33(42)43)49-35(45)24-11-7-13-27(20-24)47-2)32(41)38-37-31(40)22-14-16-25(17-15-22)36-28(39)18-21-8-4-3-5-9-21/h3-17,19-20,29-30H,18H2,1-2H3,(H,36,39)(H,37,40)(H,38,41)(H,42,43)/t29-,30-/m0/s1. The number of aliphatic carboxylic acids is 1. The molecule has 0 fully saturated rings. The molecular weight excluding hydrogens is 638 g/mol. The number of methoxy groups -OCH3 is 2. The molecule has 0 aliphatic rings. The van der Waals surface area contributed by atoms with E-state index in [0.29, 0.717) is 5.69 Å². The van der Waals surface area contributed by atoms with Gasteiger partial charge in [0, 0.05) is 11.3 Å². The molecular formula is C35H31N3O11. The van der Waals surface area contributed by atoms with E-state index in [1.165, 1.54) is 87.0 Å². The topological polar surface area (TPSA) is 196 Å². The molecule has 0 aliphatic heterocycles. The lowest BCUT2D eigenvalue weighted by molar-refractivity contribution is -0.159. The van der Waals surface area contributed by atoms with Crippen molar-refractivity contribution in [3.05, 3.63) is 125 Å². The molecule has 0 aliphatic carbocycles. The van der Waals surface area contributed by atoms with Crippen molar-refractivity contribution in [3.8, 4) is 11.5 Å². The second-order valence-electron chi connectivity index (χ2n) is 10.2. The average Bonchev–Trinajstić information content (AvgIpc) is 3.12. The summed E-state index contributed by atoms with van der Waals surface area (Å²) in [6.07, 6.45) is -4.50. The SMILES string of the molecule is COc1cccc(C(=O)O[C@H](C(=O)O)[C@H](OC(=O)c2cccc(OC)c2)C(=O)NNC(=O)c2ccc(NC(=O)Cc3ccccc3)cc2)c1. The lowest BCUT2D eigenvalue weighted by Gasteiger charge is -2.23. The zero-order chi connectivity index (χ0) is 35.3. The first-order chi connectivity index (χ1) is 23.6. The predicted molar refractivity (Wildman–Crippen MR) is 173 cm³/mol. The van der Waals surface area contributed by atoms with Crippen LogP contribution in [0.5, 0.6) is 11.5 Å². The molecule has 0 aromatic heterocycles. The lowest BCUT2D eigenvalue weighted by atomic mass is 10.1. The highest BCUT2D eigenvalue weighted by molar-refractivity contribution is 6.00. The number of anilines is 1. The Balaban J connectivity index is 1.48. The van der Waals surface area contributed by atoms with Gasteiger partial charge < -0.3 is 29.4 Å². The minimum Gasteiger partial charge on any atom is -0.497 e. The van der Waals surface area contributed by atoms with Crippen LogP contribution < -0.4 is 25.6 Å². The van der Waals surface area contributed by atoms with Gasteiger partial charge in [-0.05, 0) is 66.2 Å². The molecule has 0 saturated heterocycles. The first kappa shape index (κ1) is 35.2. The van der Waals surface area contributed by atoms with Gasteiger partial charge in [-0.1, -0.05) is 42.5 Å². The van der Waals surface area contributed by atoms with E-state index in [1.54, 1.807) is 0 Å². The van der Waals surface area contributed by atoms with Gasteiger partial charge in [-0.2, -0.15) is 0 Å². The predicted octanol–water partition coefficient (Wildman–Crippen LogP) is 3.18. The largest absolute Gasteiger partial charge is 0.497 e. The van der Waals surface area contributed by atoms with E-state index < -0.39 is 41.9 Å². The molecule has 14 nitrogen and oxygen atoms in total. The maximum Gasteiger partial charge on any atom is 0.349 e. The Hall–Kier alpha value is -6.70. The van der Waals surface area contributed by atoms with Crippen molar-refractivity contribution >= 4 is 41.3 Å². The number of carbonyl (C=O) groups is 6. The van der Waals surface area contributed by atoms with E-state index in [0.717, 1.165) is 5.56 Å². The molecule has 252 valence electrons. The van der Waals surface area contributed by atoms with Gasteiger partial charge in [0.2, 0.25) is 18.1 Å². The zero-order valence-corrected chi connectivity index (χ0v) is 26.2. The maximum absolute atomic E-state index is 13.3. The Morgan fingerprint density at radius 1 is 0.633 bits per heavy atom. The molecule has 14 heteroatoms. The number of benzene rings is 4. The van der Waals surface area contributed by atoms with Crippen LogP contribution in [0.25, 0.3) is 0 Å². The van der Waals surface area contributed by atoms with Crippen LogP contribution in [0.15, 0.2) is 103 Å². The molecule has 0 bridgehead atoms. The summed E-state index contributed by atoms with van der Waals surface area (Å²) in [5.41, 5.74) is 5.18. The Bertz CT molecular complexity index is 1830. The van der Waals surface area contributed by atoms with Crippen LogP contribution in [0.1, 0.15) is 36.6 Å². The molecule has 3 amide bonds. The molecule has 2 atom stereocenters. The molecule has 0 radical (unpaired) electrons. The summed E-state index contributed by atoms with van der Waals surface area (Å²) in [5.74, 6) is -6.06. The maximum atomic E-state index is 13.3. The first-order valence-electron chi connectivity index (χ1n) is 14.5. The van der Waals surface area contributed by atoms with Crippen molar-refractivity contribution in [2.24, 2.45) is 0 Å². The van der Waals surface area contributed by atoms with E-state index in [4.69, 9.17) is 18.9 Å². The number of rotatable bonds is 13. The van der Waals surface area contributed by atoms with Crippen molar-refractivity contribution in [2.75, 3.05) is 19.5 Å². The Labute approximate surface area is 279 Å². The highest BCUT2D eigenvalue weighted by atomic mass is 16.6. The van der Waals surface area contributed by atoms with Gasteiger partial charge in [0.1, 0.15) is 11.5 Å². The summed E-state index contributed by atoms with van der Waals surface area (Å²) in [6, 6.07) is 26.0. The fourth-order valence-electron chi connectivity index (χ4n) is 4.31. The number of amides is 3. The number of nitrogens with one attached hydrogen (secondary N) is 3. The van der Waals surface area contributed by atoms with Gasteiger partial charge in [0.15, 0.2) is 0 Å². The summed E-state index contributed by atoms with van der Waals surface area (Å²) in [4.78, 5) is 76.8. The monoisotopic (exact) mass is 669 g/mol. The summed E-state index contributed by atoms with van der Waals surface area (Å²) in [7, 11) is 2.72. The van der Waals surface area contributed by atoms with Gasteiger partial charge in [-0.15, -0.1) is 0 Å². The summed E-state index contributed by atoms with van der Waals surface area (Å²) in [5, 5.41) is 12.7. The Kier molecular flexibility index (Phi) is 12.0. The average molecular weight is 670 g/mol. The number of ether oxygens (including phenoxy) is 4. The third-order valence-corrected chi connectivity index (χ3v) is 6.79. The number of carbonyl (C=O) groups excluding carboxylic acids is 5. The van der Waals surface area contributed by atoms with Crippen molar-refractivity contribution < 1.29 is 52.8 Å². The first-order valence-corrected chi connectivity index (χ1v) is 14.5. The van der Waals surface area contributed by atoms with Gasteiger partial charge in [-0.25, -0.2) is 14.4 Å². The zero-order valence-electron chi connectivity index (χ0n) is 26.2. The third kappa shape index (κ3) is 9.89. The van der Waals surface area contributed by atoms with Crippen LogP contribution in [0.2, 0.25) is 0 Å². The smallest absolute Gasteiger partial charge is 0.349 e. The summed E-state index contributed by atoms with van der Waals surface area (Å²) >= 11 is 0. The molecule has 4 rings (SSSR count). The van der Waals surface area contributed by atoms with Crippen molar-refractivity contribution in [1.29, 1.82) is 0 Å². The van der Waals surface area contributed by atoms with Crippen LogP contribution in [0, 0.1) is 0 Å². The quantitative estimate of drug-likeness (QED) is 0.121. The van der Waals surface area contributed by atoms with Gasteiger partial charge in [-0.3, -0.25) is 25.2 Å². The fraction of sp³-hybridized carbons (Fsp3) is 0.143. The normalized spacial score (nSPS) is 11.6. The number of carboxylic acids is 1. The molecule has 0 saturated carbocycles. The third-order valence-electron chi connectivity index (χ3n) is 6.79. The number of carboxylic acid groups (broad SMARTS) is 1. The minimum absolute atomic E-state index is 0.0468. The highest BCUT2D eigenvalue weighted by Gasteiger charge is 2.41. The van der Waals surface area contributed by atoms with E-state index in [2.05, 4.69) is 10.7 Å². The number of esters is 2. The van der Waals surface area contributed by atoms with Crippen LogP contribution in [0.3, 0.4) is 0 Å². The molecule has 4 aromatic rings. The highest BCUT2D eigenvalue weighted by Crippen LogP contribution is 2.19. The van der Waals surface area contributed by atoms with Gasteiger partial charge >= 0.3 is 17.9 Å². The second-order valence-corrected chi connectivity index (χ2v) is 10.2. The molecule has 0 heterocycles. The molecule has 0 spiro atoms. The van der Waals surface area contributed by atoms with Crippen LogP contribution in [0.4, 0.5) is 5.69 Å². The second kappa shape index (κ2) is 16.7.